The number of nitrogens with zero attached hydrogens (tertiary/aromatic N) is 2. The Hall–Kier alpha value is -1.99. The van der Waals surface area contributed by atoms with E-state index in [1.54, 1.807) is 19.1 Å². The van der Waals surface area contributed by atoms with Gasteiger partial charge in [0.05, 0.1) is 0 Å². The highest BCUT2D eigenvalue weighted by atomic mass is 19.1. The fourth-order valence-corrected chi connectivity index (χ4v) is 1.71. The molecule has 1 atom stereocenters. The summed E-state index contributed by atoms with van der Waals surface area (Å²) in [6.07, 6.45) is -0.143. The lowest BCUT2D eigenvalue weighted by atomic mass is 10.3. The van der Waals surface area contributed by atoms with Gasteiger partial charge in [-0.2, -0.15) is 4.98 Å². The number of halogens is 1. The van der Waals surface area contributed by atoms with E-state index in [1.165, 1.54) is 12.1 Å². The molecule has 2 aromatic rings. The van der Waals surface area contributed by atoms with E-state index in [9.17, 15) is 9.50 Å². The zero-order valence-corrected chi connectivity index (χ0v) is 11.8. The molecule has 0 radical (unpaired) electrons. The molecule has 1 unspecified atom stereocenters. The summed E-state index contributed by atoms with van der Waals surface area (Å²) >= 11 is 0. The summed E-state index contributed by atoms with van der Waals surface area (Å²) in [5.74, 6) is 0.850. The first-order chi connectivity index (χ1) is 10.1. The fraction of sp³-hybridized carbons (Fsp3) is 0.429. The van der Waals surface area contributed by atoms with Crippen molar-refractivity contribution in [3.63, 3.8) is 0 Å². The van der Waals surface area contributed by atoms with Crippen LogP contribution in [-0.2, 0) is 6.42 Å². The smallest absolute Gasteiger partial charge is 0.227 e. The van der Waals surface area contributed by atoms with Gasteiger partial charge < -0.3 is 19.7 Å². The number of aliphatic hydroxyl groups excluding tert-OH is 1. The molecule has 1 heterocycles. The molecule has 2 N–H and O–H groups in total. The lowest BCUT2D eigenvalue weighted by Gasteiger charge is -2.13. The third-order valence-electron chi connectivity index (χ3n) is 2.73. The van der Waals surface area contributed by atoms with Crippen LogP contribution in [0.2, 0.25) is 0 Å². The molecule has 0 aliphatic rings. The Morgan fingerprint density at radius 1 is 1.43 bits per heavy atom. The number of rotatable bonds is 8. The predicted octanol–water partition coefficient (Wildman–Crippen LogP) is 1.09. The molecular weight excluding hydrogens is 277 g/mol. The molecule has 2 rings (SSSR count). The number of aromatic nitrogens is 2. The van der Waals surface area contributed by atoms with Crippen LogP contribution >= 0.6 is 0 Å². The van der Waals surface area contributed by atoms with Crippen molar-refractivity contribution in [1.82, 2.24) is 15.5 Å². The van der Waals surface area contributed by atoms with E-state index in [0.717, 1.165) is 0 Å². The van der Waals surface area contributed by atoms with E-state index >= 15 is 0 Å². The molecule has 7 heteroatoms. The number of aryl methyl sites for hydroxylation is 1. The first kappa shape index (κ1) is 15.4. The van der Waals surface area contributed by atoms with Gasteiger partial charge in [-0.25, -0.2) is 4.39 Å². The maximum Gasteiger partial charge on any atom is 0.227 e. The number of para-hydroxylation sites is 1. The molecule has 21 heavy (non-hydrogen) atoms. The van der Waals surface area contributed by atoms with E-state index in [1.807, 2.05) is 0 Å². The van der Waals surface area contributed by atoms with Gasteiger partial charge in [0.2, 0.25) is 5.89 Å². The minimum atomic E-state index is -0.728. The average molecular weight is 295 g/mol. The zero-order valence-electron chi connectivity index (χ0n) is 11.8. The van der Waals surface area contributed by atoms with E-state index in [-0.39, 0.29) is 12.4 Å². The van der Waals surface area contributed by atoms with Crippen LogP contribution in [0.5, 0.6) is 5.75 Å². The summed E-state index contributed by atoms with van der Waals surface area (Å²) in [4.78, 5) is 4.07. The highest BCUT2D eigenvalue weighted by Gasteiger charge is 2.08. The van der Waals surface area contributed by atoms with Crippen LogP contribution in [0.3, 0.4) is 0 Å². The van der Waals surface area contributed by atoms with E-state index in [0.29, 0.717) is 31.2 Å². The summed E-state index contributed by atoms with van der Waals surface area (Å²) < 4.78 is 23.5. The van der Waals surface area contributed by atoms with Crippen molar-refractivity contribution < 1.29 is 18.8 Å². The summed E-state index contributed by atoms with van der Waals surface area (Å²) in [5, 5.41) is 16.5. The van der Waals surface area contributed by atoms with E-state index in [2.05, 4.69) is 15.5 Å². The first-order valence-electron chi connectivity index (χ1n) is 6.70. The van der Waals surface area contributed by atoms with Gasteiger partial charge in [0, 0.05) is 19.5 Å². The van der Waals surface area contributed by atoms with Gasteiger partial charge in [-0.3, -0.25) is 0 Å². The Morgan fingerprint density at radius 3 is 2.95 bits per heavy atom. The van der Waals surface area contributed by atoms with Crippen molar-refractivity contribution in [2.45, 2.75) is 19.4 Å². The minimum absolute atomic E-state index is 0.0214. The Morgan fingerprint density at radius 2 is 2.24 bits per heavy atom. The van der Waals surface area contributed by atoms with Crippen molar-refractivity contribution in [2.75, 3.05) is 19.7 Å². The summed E-state index contributed by atoms with van der Waals surface area (Å²) in [6.45, 7) is 2.71. The molecule has 0 aliphatic heterocycles. The number of ether oxygens (including phenoxy) is 1. The molecule has 0 bridgehead atoms. The molecule has 0 saturated carbocycles. The third kappa shape index (κ3) is 5.13. The lowest BCUT2D eigenvalue weighted by molar-refractivity contribution is 0.104. The van der Waals surface area contributed by atoms with Gasteiger partial charge in [-0.1, -0.05) is 17.3 Å². The van der Waals surface area contributed by atoms with Gasteiger partial charge >= 0.3 is 0 Å². The van der Waals surface area contributed by atoms with Gasteiger partial charge in [0.1, 0.15) is 12.7 Å². The maximum absolute atomic E-state index is 13.3. The highest BCUT2D eigenvalue weighted by Crippen LogP contribution is 2.15. The Labute approximate surface area is 121 Å². The molecule has 114 valence electrons. The van der Waals surface area contributed by atoms with Gasteiger partial charge in [0.25, 0.3) is 0 Å². The van der Waals surface area contributed by atoms with Crippen LogP contribution in [-0.4, -0.2) is 41.0 Å². The standard InChI is InChI=1S/C14H18FN3O3/c1-10-17-14(21-18-10)6-7-16-8-11(19)9-20-13-5-3-2-4-12(13)15/h2-5,11,16,19H,6-9H2,1H3. The van der Waals surface area contributed by atoms with Crippen LogP contribution in [0.1, 0.15) is 11.7 Å². The van der Waals surface area contributed by atoms with Crippen LogP contribution in [0.15, 0.2) is 28.8 Å². The minimum Gasteiger partial charge on any atom is -0.488 e. The maximum atomic E-state index is 13.3. The predicted molar refractivity (Wildman–Crippen MR) is 73.5 cm³/mol. The molecule has 0 amide bonds. The second-order valence-corrected chi connectivity index (χ2v) is 4.58. The normalized spacial score (nSPS) is 12.3. The lowest BCUT2D eigenvalue weighted by Crippen LogP contribution is -2.32. The monoisotopic (exact) mass is 295 g/mol. The largest absolute Gasteiger partial charge is 0.488 e. The molecule has 0 fully saturated rings. The number of nitrogens with one attached hydrogen (secondary N) is 1. The number of hydrogen-bond acceptors (Lipinski definition) is 6. The topological polar surface area (TPSA) is 80.4 Å². The Balaban J connectivity index is 1.61. The van der Waals surface area contributed by atoms with Crippen LogP contribution in [0.4, 0.5) is 4.39 Å². The van der Waals surface area contributed by atoms with Crippen LogP contribution in [0.25, 0.3) is 0 Å². The molecule has 1 aromatic heterocycles. The highest BCUT2D eigenvalue weighted by molar-refractivity contribution is 5.23. The van der Waals surface area contributed by atoms with Crippen molar-refractivity contribution >= 4 is 0 Å². The molecular formula is C14H18FN3O3. The molecule has 0 saturated heterocycles. The van der Waals surface area contributed by atoms with Crippen LogP contribution in [0, 0.1) is 12.7 Å². The number of hydrogen-bond donors (Lipinski definition) is 2. The summed E-state index contributed by atoms with van der Waals surface area (Å²) in [5.41, 5.74) is 0. The molecule has 0 aliphatic carbocycles. The van der Waals surface area contributed by atoms with Crippen molar-refractivity contribution in [2.24, 2.45) is 0 Å². The summed E-state index contributed by atoms with van der Waals surface area (Å²) in [6, 6.07) is 6.09. The Kier molecular flexibility index (Phi) is 5.65. The van der Waals surface area contributed by atoms with Crippen molar-refractivity contribution in [3.05, 3.63) is 41.8 Å². The SMILES string of the molecule is Cc1noc(CCNCC(O)COc2ccccc2F)n1. The third-order valence-corrected chi connectivity index (χ3v) is 2.73. The van der Waals surface area contributed by atoms with Gasteiger partial charge in [-0.15, -0.1) is 0 Å². The number of aliphatic hydroxyl groups is 1. The first-order valence-corrected chi connectivity index (χ1v) is 6.70. The fourth-order valence-electron chi connectivity index (χ4n) is 1.71. The van der Waals surface area contributed by atoms with E-state index < -0.39 is 11.9 Å². The molecule has 0 spiro atoms. The van der Waals surface area contributed by atoms with Gasteiger partial charge in [-0.05, 0) is 19.1 Å². The van der Waals surface area contributed by atoms with Gasteiger partial charge in [0.15, 0.2) is 17.4 Å². The van der Waals surface area contributed by atoms with Crippen LogP contribution < -0.4 is 10.1 Å². The van der Waals surface area contributed by atoms with E-state index in [4.69, 9.17) is 9.26 Å². The number of benzene rings is 1. The second-order valence-electron chi connectivity index (χ2n) is 4.58. The quantitative estimate of drug-likeness (QED) is 0.710. The average Bonchev–Trinajstić information content (AvgIpc) is 2.88. The van der Waals surface area contributed by atoms with Crippen molar-refractivity contribution in [1.29, 1.82) is 0 Å². The summed E-state index contributed by atoms with van der Waals surface area (Å²) in [7, 11) is 0. The molecule has 1 aromatic carbocycles. The molecule has 6 nitrogen and oxygen atoms in total. The second kappa shape index (κ2) is 7.70. The zero-order chi connectivity index (χ0) is 15.1. The van der Waals surface area contributed by atoms with Crippen molar-refractivity contribution in [3.8, 4) is 5.75 Å². The Bertz CT molecular complexity index is 562.